The Labute approximate surface area is 183 Å². The van der Waals surface area contributed by atoms with Gasteiger partial charge in [-0.1, -0.05) is 0 Å². The van der Waals surface area contributed by atoms with Crippen LogP contribution in [0.3, 0.4) is 0 Å². The van der Waals surface area contributed by atoms with Gasteiger partial charge in [0.2, 0.25) is 0 Å². The average Bonchev–Trinajstić information content (AvgIpc) is 2.64. The van der Waals surface area contributed by atoms with Gasteiger partial charge >= 0.3 is 29.6 Å². The zero-order valence-corrected chi connectivity index (χ0v) is 16.9. The first-order chi connectivity index (χ1) is 12.3. The summed E-state index contributed by atoms with van der Waals surface area (Å²) in [5, 5.41) is 35.9. The molecule has 0 aliphatic heterocycles. The number of rotatable bonds is 4. The van der Waals surface area contributed by atoms with Crippen molar-refractivity contribution in [3.8, 4) is 0 Å². The molecule has 0 saturated heterocycles. The van der Waals surface area contributed by atoms with Crippen molar-refractivity contribution in [2.75, 3.05) is 7.11 Å². The van der Waals surface area contributed by atoms with Gasteiger partial charge < -0.3 is 11.6 Å². The number of nitro groups is 2. The maximum absolute atomic E-state index is 12.7. The van der Waals surface area contributed by atoms with Gasteiger partial charge in [-0.15, -0.1) is 0 Å². The molecule has 0 heterocycles. The maximum atomic E-state index is 12.7. The van der Waals surface area contributed by atoms with E-state index in [9.17, 15) is 33.8 Å². The van der Waals surface area contributed by atoms with Gasteiger partial charge in [-0.2, -0.15) is 0 Å². The predicted molar refractivity (Wildman–Crippen MR) is 92.4 cm³/mol. The van der Waals surface area contributed by atoms with E-state index in [2.05, 4.69) is 0 Å². The first-order valence-corrected chi connectivity index (χ1v) is 6.67. The molecule has 2 N–H and O–H groups in total. The number of nitro benzene ring substituents is 2. The van der Waals surface area contributed by atoms with Crippen molar-refractivity contribution in [3.05, 3.63) is 79.4 Å². The number of benzene rings is 2. The van der Waals surface area contributed by atoms with E-state index < -0.39 is 28.1 Å². The number of carbonyl (C=O) groups is 1. The SMILES string of the molecule is CO.O=Cc1cc([N+](=O)[O-])ccc1F.O=[N+]([O-])c1ccc(F)c(CO)c1.[B].[H-].[Na+]. The van der Waals surface area contributed by atoms with Crippen LogP contribution in [0.25, 0.3) is 0 Å². The van der Waals surface area contributed by atoms with Crippen molar-refractivity contribution < 1.29 is 64.6 Å². The van der Waals surface area contributed by atoms with E-state index in [1.165, 1.54) is 0 Å². The van der Waals surface area contributed by atoms with E-state index in [4.69, 9.17) is 10.2 Å². The molecule has 13 heteroatoms. The summed E-state index contributed by atoms with van der Waals surface area (Å²) >= 11 is 0. The Morgan fingerprint density at radius 1 is 1.00 bits per heavy atom. The smallest absolute Gasteiger partial charge is 1.00 e. The van der Waals surface area contributed by atoms with Crippen LogP contribution in [0.4, 0.5) is 20.2 Å². The number of non-ortho nitro benzene ring substituents is 2. The first kappa shape index (κ1) is 30.5. The maximum Gasteiger partial charge on any atom is 1.00 e. The molecule has 2 rings (SSSR count). The van der Waals surface area contributed by atoms with Gasteiger partial charge in [0.05, 0.1) is 22.0 Å². The van der Waals surface area contributed by atoms with E-state index in [-0.39, 0.29) is 68.2 Å². The third-order valence-electron chi connectivity index (χ3n) is 2.73. The summed E-state index contributed by atoms with van der Waals surface area (Å²) in [6.07, 6.45) is 0.238. The largest absolute Gasteiger partial charge is 1.00 e. The Kier molecular flexibility index (Phi) is 17.2. The first-order valence-electron chi connectivity index (χ1n) is 6.67. The van der Waals surface area contributed by atoms with Crippen molar-refractivity contribution >= 4 is 26.1 Å². The molecule has 0 unspecified atom stereocenters. The Morgan fingerprint density at radius 2 is 1.43 bits per heavy atom. The standard InChI is InChI=1S/C7H6FNO3.C7H4FNO3.CH4O.B.Na.H/c2*8-7-2-1-6(9(11)12)3-5(7)4-10;1-2;;;/h1-3,10H,4H2;1-4H;2H,1H3;;;/q;;;;+1;-1. The molecule has 3 radical (unpaired) electrons. The second-order valence-corrected chi connectivity index (χ2v) is 4.27. The molecule has 0 aliphatic carbocycles. The monoisotopic (exact) mass is 407 g/mol. The summed E-state index contributed by atoms with van der Waals surface area (Å²) in [6.45, 7) is -0.534. The third kappa shape index (κ3) is 9.62. The summed E-state index contributed by atoms with van der Waals surface area (Å²) in [4.78, 5) is 29.1. The topological polar surface area (TPSA) is 144 Å². The third-order valence-corrected chi connectivity index (χ3v) is 2.73. The van der Waals surface area contributed by atoms with Gasteiger partial charge in [0.1, 0.15) is 11.6 Å². The molecule has 0 saturated carbocycles. The molecule has 145 valence electrons. The van der Waals surface area contributed by atoms with Crippen LogP contribution in [0.1, 0.15) is 17.3 Å². The Bertz CT molecular complexity index is 803. The molecular formula is C15H15BF2N2NaO7. The molecule has 28 heavy (non-hydrogen) atoms. The fraction of sp³-hybridized carbons (Fsp3) is 0.133. The average molecular weight is 407 g/mol. The minimum absolute atomic E-state index is 0. The number of aliphatic hydroxyl groups excluding tert-OH is 2. The number of aliphatic hydroxyl groups is 2. The van der Waals surface area contributed by atoms with Gasteiger partial charge in [-0.05, 0) is 12.1 Å². The molecule has 0 aliphatic rings. The summed E-state index contributed by atoms with van der Waals surface area (Å²) < 4.78 is 25.2. The molecule has 0 fully saturated rings. The van der Waals surface area contributed by atoms with Crippen LogP contribution in [-0.4, -0.2) is 41.9 Å². The summed E-state index contributed by atoms with van der Waals surface area (Å²) in [5.74, 6) is -1.39. The zero-order chi connectivity index (χ0) is 20.3. The molecule has 2 aromatic carbocycles. The van der Waals surface area contributed by atoms with Crippen molar-refractivity contribution in [2.45, 2.75) is 6.61 Å². The second kappa shape index (κ2) is 15.8. The van der Waals surface area contributed by atoms with Crippen LogP contribution in [-0.2, 0) is 6.61 Å². The van der Waals surface area contributed by atoms with Crippen LogP contribution in [0.5, 0.6) is 0 Å². The van der Waals surface area contributed by atoms with Gasteiger partial charge in [0, 0.05) is 45.4 Å². The Morgan fingerprint density at radius 3 is 1.82 bits per heavy atom. The van der Waals surface area contributed by atoms with E-state index in [0.717, 1.165) is 43.5 Å². The van der Waals surface area contributed by atoms with Gasteiger partial charge in [0.15, 0.2) is 6.29 Å². The Balaban J connectivity index is -0.000000181. The molecule has 0 atom stereocenters. The molecule has 2 aromatic rings. The normalized spacial score (nSPS) is 8.46. The van der Waals surface area contributed by atoms with E-state index in [0.29, 0.717) is 0 Å². The zero-order valence-electron chi connectivity index (χ0n) is 15.9. The summed E-state index contributed by atoms with van der Waals surface area (Å²) in [5.41, 5.74) is -0.882. The van der Waals surface area contributed by atoms with E-state index in [1.54, 1.807) is 0 Å². The molecule has 9 nitrogen and oxygen atoms in total. The number of carbonyl (C=O) groups excluding carboxylic acids is 1. The van der Waals surface area contributed by atoms with Gasteiger partial charge in [0.25, 0.3) is 11.4 Å². The minimum Gasteiger partial charge on any atom is -1.00 e. The molecule has 0 bridgehead atoms. The fourth-order valence-corrected chi connectivity index (χ4v) is 1.53. The van der Waals surface area contributed by atoms with E-state index >= 15 is 0 Å². The van der Waals surface area contributed by atoms with Crippen LogP contribution in [0.2, 0.25) is 0 Å². The number of hydrogen-bond acceptors (Lipinski definition) is 7. The van der Waals surface area contributed by atoms with Crippen LogP contribution >= 0.6 is 0 Å². The number of hydrogen-bond donors (Lipinski definition) is 2. The van der Waals surface area contributed by atoms with E-state index in [1.807, 2.05) is 0 Å². The Hall–Kier alpha value is -2.25. The van der Waals surface area contributed by atoms with Crippen molar-refractivity contribution in [1.82, 2.24) is 0 Å². The molecule has 0 aromatic heterocycles. The summed E-state index contributed by atoms with van der Waals surface area (Å²) in [7, 11) is 1.00. The number of nitrogens with zero attached hydrogens (tertiary/aromatic N) is 2. The molecule has 0 spiro atoms. The van der Waals surface area contributed by atoms with Crippen molar-refractivity contribution in [3.63, 3.8) is 0 Å². The fourth-order valence-electron chi connectivity index (χ4n) is 1.53. The van der Waals surface area contributed by atoms with Gasteiger partial charge in [-0.3, -0.25) is 25.0 Å². The van der Waals surface area contributed by atoms with Crippen LogP contribution in [0.15, 0.2) is 36.4 Å². The number of aldehydes is 1. The van der Waals surface area contributed by atoms with Gasteiger partial charge in [-0.25, -0.2) is 8.78 Å². The molecule has 0 amide bonds. The predicted octanol–water partition coefficient (Wildman–Crippen LogP) is -0.883. The summed E-state index contributed by atoms with van der Waals surface area (Å²) in [6, 6.07) is 5.81. The van der Waals surface area contributed by atoms with Crippen molar-refractivity contribution in [2.24, 2.45) is 0 Å². The second-order valence-electron chi connectivity index (χ2n) is 4.27. The van der Waals surface area contributed by atoms with Crippen LogP contribution < -0.4 is 29.6 Å². The molecular weight excluding hydrogens is 392 g/mol. The van der Waals surface area contributed by atoms with Crippen molar-refractivity contribution in [1.29, 1.82) is 0 Å². The van der Waals surface area contributed by atoms with Crippen LogP contribution in [0, 0.1) is 31.9 Å². The quantitative estimate of drug-likeness (QED) is 0.290. The minimum atomic E-state index is -0.754. The number of halogens is 2.